The Morgan fingerprint density at radius 3 is 2.47 bits per heavy atom. The predicted octanol–water partition coefficient (Wildman–Crippen LogP) is 1.92. The van der Waals surface area contributed by atoms with Gasteiger partial charge in [-0.2, -0.15) is 0 Å². The van der Waals surface area contributed by atoms with Crippen molar-refractivity contribution in [3.05, 3.63) is 77.9 Å². The predicted molar refractivity (Wildman–Crippen MR) is 144 cm³/mol. The Morgan fingerprint density at radius 1 is 1.05 bits per heavy atom. The zero-order valence-corrected chi connectivity index (χ0v) is 21.7. The molecule has 3 aliphatic rings. The van der Waals surface area contributed by atoms with E-state index in [-0.39, 0.29) is 17.6 Å². The molecule has 2 aliphatic heterocycles. The van der Waals surface area contributed by atoms with Crippen LogP contribution in [-0.4, -0.2) is 73.5 Å². The van der Waals surface area contributed by atoms with Crippen LogP contribution in [0.3, 0.4) is 0 Å². The molecular weight excluding hydrogens is 485 g/mol. The molecule has 1 saturated carbocycles. The fourth-order valence-electron chi connectivity index (χ4n) is 5.02. The first-order valence-corrected chi connectivity index (χ1v) is 13.3. The van der Waals surface area contributed by atoms with Crippen LogP contribution in [0, 0.1) is 5.82 Å². The molecule has 2 fully saturated rings. The molecule has 4 N–H and O–H groups in total. The number of nitrogens with zero attached hydrogens (tertiary/aromatic N) is 3. The monoisotopic (exact) mass is 521 g/mol. The number of anilines is 1. The Balaban J connectivity index is 1.15. The molecule has 202 valence electrons. The average molecular weight is 522 g/mol. The van der Waals surface area contributed by atoms with E-state index in [4.69, 9.17) is 0 Å². The average Bonchev–Trinajstić information content (AvgIpc) is 3.49. The van der Waals surface area contributed by atoms with Crippen molar-refractivity contribution in [2.75, 3.05) is 44.8 Å². The normalized spacial score (nSPS) is 21.7. The topological polar surface area (TPSA) is 92.0 Å². The number of hydrogen-bond donors (Lipinski definition) is 4. The largest absolute Gasteiger partial charge is 0.340 e. The molecule has 2 amide bonds. The summed E-state index contributed by atoms with van der Waals surface area (Å²) in [5.74, 6) is -0.0798. The van der Waals surface area contributed by atoms with Gasteiger partial charge < -0.3 is 25.9 Å². The summed E-state index contributed by atoms with van der Waals surface area (Å²) in [5.41, 5.74) is 8.39. The van der Waals surface area contributed by atoms with E-state index < -0.39 is 6.04 Å². The van der Waals surface area contributed by atoms with Crippen molar-refractivity contribution in [1.82, 2.24) is 31.4 Å². The fraction of sp³-hybridized carbons (Fsp3) is 0.429. The Bertz CT molecular complexity index is 1130. The second kappa shape index (κ2) is 11.9. The summed E-state index contributed by atoms with van der Waals surface area (Å²) in [4.78, 5) is 30.6. The zero-order chi connectivity index (χ0) is 26.5. The van der Waals surface area contributed by atoms with Crippen molar-refractivity contribution in [2.45, 2.75) is 37.3 Å². The van der Waals surface area contributed by atoms with Gasteiger partial charge in [-0.3, -0.25) is 14.6 Å². The molecule has 2 aromatic carbocycles. The number of carbonyl (C=O) groups excluding carboxylic acids is 2. The summed E-state index contributed by atoms with van der Waals surface area (Å²) in [6.07, 6.45) is 5.97. The third kappa shape index (κ3) is 6.50. The minimum atomic E-state index is -0.577. The second-order valence-corrected chi connectivity index (χ2v) is 10.2. The lowest BCUT2D eigenvalue weighted by atomic mass is 10.1. The summed E-state index contributed by atoms with van der Waals surface area (Å²) in [6.45, 7) is 3.75. The second-order valence-electron chi connectivity index (χ2n) is 10.2. The lowest BCUT2D eigenvalue weighted by Gasteiger charge is -2.34. The van der Waals surface area contributed by atoms with Crippen LogP contribution in [0.25, 0.3) is 0 Å². The van der Waals surface area contributed by atoms with Crippen molar-refractivity contribution in [3.63, 3.8) is 0 Å². The van der Waals surface area contributed by atoms with Crippen LogP contribution < -0.4 is 26.6 Å². The van der Waals surface area contributed by atoms with Crippen molar-refractivity contribution >= 4 is 17.5 Å². The Hall–Kier alpha value is -3.47. The first kappa shape index (κ1) is 26.1. The van der Waals surface area contributed by atoms with E-state index in [9.17, 15) is 14.0 Å². The van der Waals surface area contributed by atoms with Crippen molar-refractivity contribution in [1.29, 1.82) is 0 Å². The Morgan fingerprint density at radius 2 is 1.79 bits per heavy atom. The van der Waals surface area contributed by atoms with Gasteiger partial charge in [0.1, 0.15) is 11.9 Å². The highest BCUT2D eigenvalue weighted by atomic mass is 19.1. The SMILES string of the molecule is CN1CCN(C(=O)[C@@H](CCCN[C@@H]2C[C@H]2c2ccc(F)cc2)NC(=O)c2ccc(N3C=CNN3)cc2)CC1. The lowest BCUT2D eigenvalue weighted by Crippen LogP contribution is -2.54. The zero-order valence-electron chi connectivity index (χ0n) is 21.7. The summed E-state index contributed by atoms with van der Waals surface area (Å²) in [5, 5.41) is 8.37. The summed E-state index contributed by atoms with van der Waals surface area (Å²) < 4.78 is 13.2. The van der Waals surface area contributed by atoms with Gasteiger partial charge in [0.2, 0.25) is 5.91 Å². The number of nitrogens with one attached hydrogen (secondary N) is 4. The van der Waals surface area contributed by atoms with E-state index in [0.29, 0.717) is 37.0 Å². The molecule has 5 rings (SSSR count). The number of halogens is 1. The van der Waals surface area contributed by atoms with Crippen LogP contribution in [0.5, 0.6) is 0 Å². The van der Waals surface area contributed by atoms with Crippen LogP contribution >= 0.6 is 0 Å². The van der Waals surface area contributed by atoms with Gasteiger partial charge in [-0.25, -0.2) is 4.39 Å². The molecule has 0 aromatic heterocycles. The maximum Gasteiger partial charge on any atom is 0.251 e. The first-order valence-electron chi connectivity index (χ1n) is 13.3. The first-order chi connectivity index (χ1) is 18.5. The molecule has 10 heteroatoms. The molecule has 0 unspecified atom stereocenters. The third-order valence-electron chi connectivity index (χ3n) is 7.48. The standard InChI is InChI=1S/C28H36FN7O2/c1-34-15-17-35(18-16-34)28(38)25(3-2-12-30-26-19-24(26)20-4-8-22(29)9-5-20)32-27(37)21-6-10-23(11-7-21)36-14-13-31-33-36/h4-11,13-14,24-26,30-31,33H,2-3,12,15-19H2,1H3,(H,32,37)/t24-,25+,26+/m0/s1. The van der Waals surface area contributed by atoms with Crippen LogP contribution in [0.4, 0.5) is 10.1 Å². The van der Waals surface area contributed by atoms with E-state index in [0.717, 1.165) is 43.7 Å². The smallest absolute Gasteiger partial charge is 0.251 e. The lowest BCUT2D eigenvalue weighted by molar-refractivity contribution is -0.135. The van der Waals surface area contributed by atoms with Gasteiger partial charge in [0.25, 0.3) is 5.91 Å². The molecule has 2 aromatic rings. The summed E-state index contributed by atoms with van der Waals surface area (Å²) >= 11 is 0. The minimum absolute atomic E-state index is 0.0174. The van der Waals surface area contributed by atoms with Crippen LogP contribution in [0.2, 0.25) is 0 Å². The molecule has 0 bridgehead atoms. The van der Waals surface area contributed by atoms with Gasteiger partial charge >= 0.3 is 0 Å². The fourth-order valence-corrected chi connectivity index (χ4v) is 5.02. The molecule has 0 radical (unpaired) electrons. The Kier molecular flexibility index (Phi) is 8.21. The highest BCUT2D eigenvalue weighted by Gasteiger charge is 2.37. The summed E-state index contributed by atoms with van der Waals surface area (Å²) in [7, 11) is 2.05. The molecule has 3 atom stereocenters. The Labute approximate surface area is 223 Å². The number of likely N-dealkylation sites (N-methyl/N-ethyl adjacent to an activating group) is 1. The highest BCUT2D eigenvalue weighted by Crippen LogP contribution is 2.40. The minimum Gasteiger partial charge on any atom is -0.340 e. The maximum atomic E-state index is 13.4. The molecule has 38 heavy (non-hydrogen) atoms. The number of hydrogen-bond acceptors (Lipinski definition) is 7. The van der Waals surface area contributed by atoms with Gasteiger partial charge in [0.15, 0.2) is 0 Å². The highest BCUT2D eigenvalue weighted by molar-refractivity contribution is 5.97. The number of piperazine rings is 1. The van der Waals surface area contributed by atoms with E-state index >= 15 is 0 Å². The molecule has 1 saturated heterocycles. The van der Waals surface area contributed by atoms with E-state index in [1.54, 1.807) is 23.3 Å². The van der Waals surface area contributed by atoms with E-state index in [2.05, 4.69) is 33.5 Å². The molecule has 2 heterocycles. The van der Waals surface area contributed by atoms with E-state index in [1.165, 1.54) is 12.1 Å². The number of benzene rings is 2. The van der Waals surface area contributed by atoms with Crippen LogP contribution in [0.15, 0.2) is 60.9 Å². The van der Waals surface area contributed by atoms with Crippen molar-refractivity contribution < 1.29 is 14.0 Å². The number of amides is 2. The van der Waals surface area contributed by atoms with Crippen molar-refractivity contribution in [2.24, 2.45) is 0 Å². The molecule has 9 nitrogen and oxygen atoms in total. The molecular formula is C28H36FN7O2. The van der Waals surface area contributed by atoms with Gasteiger partial charge in [0.05, 0.1) is 5.69 Å². The van der Waals surface area contributed by atoms with Crippen LogP contribution in [-0.2, 0) is 4.79 Å². The van der Waals surface area contributed by atoms with Gasteiger partial charge in [-0.05, 0) is 74.8 Å². The third-order valence-corrected chi connectivity index (χ3v) is 7.48. The maximum absolute atomic E-state index is 13.4. The van der Waals surface area contributed by atoms with Gasteiger partial charge in [0, 0.05) is 56.1 Å². The molecule has 0 spiro atoms. The van der Waals surface area contributed by atoms with E-state index in [1.807, 2.05) is 35.4 Å². The number of rotatable bonds is 10. The summed E-state index contributed by atoms with van der Waals surface area (Å²) in [6, 6.07) is 13.7. The van der Waals surface area contributed by atoms with Crippen LogP contribution in [0.1, 0.15) is 41.1 Å². The van der Waals surface area contributed by atoms with Gasteiger partial charge in [-0.15, -0.1) is 5.53 Å². The quantitative estimate of drug-likeness (QED) is 0.355. The number of hydrazine groups is 2. The molecule has 1 aliphatic carbocycles. The van der Waals surface area contributed by atoms with Crippen molar-refractivity contribution in [3.8, 4) is 0 Å². The number of carbonyl (C=O) groups is 2. The van der Waals surface area contributed by atoms with Gasteiger partial charge in [-0.1, -0.05) is 12.1 Å².